The number of allylic oxidation sites excluding steroid dienone is 1. The third kappa shape index (κ3) is 4.56. The first-order valence-electron chi connectivity index (χ1n) is 9.60. The highest BCUT2D eigenvalue weighted by Crippen LogP contribution is 2.35. The number of hydrogen-bond acceptors (Lipinski definition) is 6. The summed E-state index contributed by atoms with van der Waals surface area (Å²) in [5.41, 5.74) is -0.0778. The molecule has 30 heavy (non-hydrogen) atoms. The Hall–Kier alpha value is -3.09. The van der Waals surface area contributed by atoms with Gasteiger partial charge in [0.05, 0.1) is 19.7 Å². The summed E-state index contributed by atoms with van der Waals surface area (Å²) in [6.45, 7) is 10.9. The first kappa shape index (κ1) is 23.2. The lowest BCUT2D eigenvalue weighted by molar-refractivity contribution is -0.168. The van der Waals surface area contributed by atoms with Gasteiger partial charge in [-0.05, 0) is 51.8 Å². The average molecular weight is 415 g/mol. The van der Waals surface area contributed by atoms with Crippen LogP contribution < -0.4 is 0 Å². The van der Waals surface area contributed by atoms with E-state index >= 15 is 0 Å². The Morgan fingerprint density at radius 3 is 2.20 bits per heavy atom. The highest BCUT2D eigenvalue weighted by molar-refractivity contribution is 6.01. The molecule has 7 heteroatoms. The van der Waals surface area contributed by atoms with Crippen molar-refractivity contribution in [2.45, 2.75) is 46.1 Å². The van der Waals surface area contributed by atoms with E-state index < -0.39 is 29.0 Å². The zero-order chi connectivity index (χ0) is 22.7. The number of methoxy groups -OCH3 is 2. The number of rotatable bonds is 6. The van der Waals surface area contributed by atoms with Gasteiger partial charge in [0.25, 0.3) is 0 Å². The molecule has 0 saturated heterocycles. The quantitative estimate of drug-likeness (QED) is 0.305. The first-order chi connectivity index (χ1) is 14.0. The largest absolute Gasteiger partial charge is 0.468 e. The van der Waals surface area contributed by atoms with Crippen molar-refractivity contribution in [1.82, 2.24) is 4.57 Å². The lowest BCUT2D eigenvalue weighted by Crippen LogP contribution is -2.42. The molecule has 1 aromatic heterocycles. The van der Waals surface area contributed by atoms with Gasteiger partial charge in [0, 0.05) is 18.0 Å². The van der Waals surface area contributed by atoms with Gasteiger partial charge in [0.2, 0.25) is 0 Å². The molecule has 0 unspecified atom stereocenters. The minimum Gasteiger partial charge on any atom is -0.468 e. The first-order valence-corrected chi connectivity index (χ1v) is 9.60. The average Bonchev–Trinajstić information content (AvgIpc) is 3.02. The standard InChI is InChI=1S/C23H29NO6/c1-8-11-23(19(25)28-6,20(26)29-7)13-16-14-24(21(27)30-22(3,4)5)18-10-9-15(2)12-17(16)18/h8-10,12,14H,1,11,13H2,2-7H3. The van der Waals surface area contributed by atoms with Crippen LogP contribution in [0.2, 0.25) is 0 Å². The lowest BCUT2D eigenvalue weighted by Gasteiger charge is -2.26. The molecule has 0 aliphatic heterocycles. The van der Waals surface area contributed by atoms with Crippen molar-refractivity contribution in [1.29, 1.82) is 0 Å². The number of aromatic nitrogens is 1. The molecule has 0 radical (unpaired) electrons. The zero-order valence-electron chi connectivity index (χ0n) is 18.4. The normalized spacial score (nSPS) is 11.8. The van der Waals surface area contributed by atoms with Crippen LogP contribution in [0.4, 0.5) is 4.79 Å². The van der Waals surface area contributed by atoms with Crippen molar-refractivity contribution in [3.8, 4) is 0 Å². The summed E-state index contributed by atoms with van der Waals surface area (Å²) < 4.78 is 16.8. The number of ether oxygens (including phenoxy) is 3. The fraction of sp³-hybridized carbons (Fsp3) is 0.435. The maximum atomic E-state index is 12.8. The molecule has 2 rings (SSSR count). The fourth-order valence-corrected chi connectivity index (χ4v) is 3.44. The topological polar surface area (TPSA) is 83.8 Å². The monoisotopic (exact) mass is 415 g/mol. The van der Waals surface area contributed by atoms with Crippen molar-refractivity contribution < 1.29 is 28.6 Å². The second kappa shape index (κ2) is 8.73. The van der Waals surface area contributed by atoms with Crippen LogP contribution >= 0.6 is 0 Å². The van der Waals surface area contributed by atoms with E-state index in [-0.39, 0.29) is 12.8 Å². The third-order valence-electron chi connectivity index (χ3n) is 4.77. The molecule has 1 aromatic carbocycles. The van der Waals surface area contributed by atoms with Gasteiger partial charge in [0.1, 0.15) is 5.60 Å². The molecule has 0 bridgehead atoms. The van der Waals surface area contributed by atoms with Crippen LogP contribution in [0.1, 0.15) is 38.3 Å². The van der Waals surface area contributed by atoms with Gasteiger partial charge >= 0.3 is 18.0 Å². The highest BCUT2D eigenvalue weighted by atomic mass is 16.6. The summed E-state index contributed by atoms with van der Waals surface area (Å²) in [6.07, 6.45) is 2.53. The minimum atomic E-state index is -1.61. The molecule has 162 valence electrons. The maximum absolute atomic E-state index is 12.8. The number of aryl methyl sites for hydroxylation is 1. The number of esters is 2. The number of benzene rings is 1. The summed E-state index contributed by atoms with van der Waals surface area (Å²) in [6, 6.07) is 5.59. The Morgan fingerprint density at radius 1 is 1.10 bits per heavy atom. The van der Waals surface area contributed by atoms with E-state index in [0.717, 1.165) is 10.9 Å². The van der Waals surface area contributed by atoms with Crippen LogP contribution in [0, 0.1) is 12.3 Å². The number of nitrogens with zero attached hydrogens (tertiary/aromatic N) is 1. The van der Waals surface area contributed by atoms with Crippen molar-refractivity contribution in [2.24, 2.45) is 5.41 Å². The van der Waals surface area contributed by atoms with Gasteiger partial charge in [-0.1, -0.05) is 17.7 Å². The highest BCUT2D eigenvalue weighted by Gasteiger charge is 2.48. The summed E-state index contributed by atoms with van der Waals surface area (Å²) in [5, 5.41) is 0.738. The maximum Gasteiger partial charge on any atom is 0.419 e. The third-order valence-corrected chi connectivity index (χ3v) is 4.77. The zero-order valence-corrected chi connectivity index (χ0v) is 18.4. The van der Waals surface area contributed by atoms with Crippen molar-refractivity contribution in [3.63, 3.8) is 0 Å². The summed E-state index contributed by atoms with van der Waals surface area (Å²) >= 11 is 0. The van der Waals surface area contributed by atoms with Crippen molar-refractivity contribution >= 4 is 28.9 Å². The minimum absolute atomic E-state index is 0.0197. The molecule has 0 fully saturated rings. The molecular weight excluding hydrogens is 386 g/mol. The molecule has 0 amide bonds. The number of hydrogen-bond donors (Lipinski definition) is 0. The smallest absolute Gasteiger partial charge is 0.419 e. The molecule has 1 heterocycles. The van der Waals surface area contributed by atoms with Gasteiger partial charge in [0.15, 0.2) is 5.41 Å². The molecule has 0 saturated carbocycles. The predicted molar refractivity (Wildman–Crippen MR) is 113 cm³/mol. The Labute approximate surface area is 176 Å². The van der Waals surface area contributed by atoms with Gasteiger partial charge in [-0.15, -0.1) is 6.58 Å². The van der Waals surface area contributed by atoms with Crippen LogP contribution in [-0.2, 0) is 30.2 Å². The Balaban J connectivity index is 2.68. The SMILES string of the molecule is C=CCC(Cc1cn(C(=O)OC(C)(C)C)c2ccc(C)cc12)(C(=O)OC)C(=O)OC. The molecule has 2 aromatic rings. The molecule has 0 aliphatic carbocycles. The predicted octanol–water partition coefficient (Wildman–Crippen LogP) is 4.18. The van der Waals surface area contributed by atoms with Crippen LogP contribution in [0.5, 0.6) is 0 Å². The Morgan fingerprint density at radius 2 is 1.70 bits per heavy atom. The summed E-state index contributed by atoms with van der Waals surface area (Å²) in [7, 11) is 2.44. The van der Waals surface area contributed by atoms with Crippen LogP contribution in [0.15, 0.2) is 37.1 Å². The van der Waals surface area contributed by atoms with Crippen LogP contribution in [0.3, 0.4) is 0 Å². The Kier molecular flexibility index (Phi) is 6.75. The van der Waals surface area contributed by atoms with E-state index in [1.807, 2.05) is 25.1 Å². The van der Waals surface area contributed by atoms with E-state index in [9.17, 15) is 14.4 Å². The molecule has 0 N–H and O–H groups in total. The van der Waals surface area contributed by atoms with E-state index in [1.165, 1.54) is 24.9 Å². The van der Waals surface area contributed by atoms with Gasteiger partial charge in [-0.3, -0.25) is 14.2 Å². The lowest BCUT2D eigenvalue weighted by atomic mass is 9.78. The number of carbonyl (C=O) groups is 3. The molecule has 0 aliphatic rings. The van der Waals surface area contributed by atoms with Gasteiger partial charge in [-0.2, -0.15) is 0 Å². The molecule has 0 atom stereocenters. The van der Waals surface area contributed by atoms with E-state index in [4.69, 9.17) is 14.2 Å². The molecular formula is C23H29NO6. The number of fused-ring (bicyclic) bond motifs is 1. The van der Waals surface area contributed by atoms with E-state index in [0.29, 0.717) is 11.1 Å². The molecule has 0 spiro atoms. The van der Waals surface area contributed by atoms with Crippen molar-refractivity contribution in [2.75, 3.05) is 14.2 Å². The Bertz CT molecular complexity index is 963. The second-order valence-corrected chi connectivity index (χ2v) is 8.26. The fourth-order valence-electron chi connectivity index (χ4n) is 3.44. The van der Waals surface area contributed by atoms with Crippen molar-refractivity contribution in [3.05, 3.63) is 48.2 Å². The van der Waals surface area contributed by atoms with E-state index in [1.54, 1.807) is 27.0 Å². The van der Waals surface area contributed by atoms with Gasteiger partial charge < -0.3 is 14.2 Å². The van der Waals surface area contributed by atoms with Crippen LogP contribution in [-0.4, -0.2) is 42.4 Å². The molecule has 7 nitrogen and oxygen atoms in total. The second-order valence-electron chi connectivity index (χ2n) is 8.26. The van der Waals surface area contributed by atoms with Gasteiger partial charge in [-0.25, -0.2) is 4.79 Å². The van der Waals surface area contributed by atoms with E-state index in [2.05, 4.69) is 6.58 Å². The number of carbonyl (C=O) groups excluding carboxylic acids is 3. The summed E-state index contributed by atoms with van der Waals surface area (Å²) in [4.78, 5) is 38.2. The van der Waals surface area contributed by atoms with Crippen LogP contribution in [0.25, 0.3) is 10.9 Å². The summed E-state index contributed by atoms with van der Waals surface area (Å²) in [5.74, 6) is -1.44.